The lowest BCUT2D eigenvalue weighted by atomic mass is 10.1. The number of carbonyl (C=O) groups excluding carboxylic acids is 1. The number of nitrogens with one attached hydrogen (secondary N) is 1. The van der Waals surface area contributed by atoms with Gasteiger partial charge >= 0.3 is 0 Å². The highest BCUT2D eigenvalue weighted by molar-refractivity contribution is 6.30. The third-order valence-electron chi connectivity index (χ3n) is 3.28. The second kappa shape index (κ2) is 8.36. The summed E-state index contributed by atoms with van der Waals surface area (Å²) in [5, 5.41) is 12.6. The molecule has 0 fully saturated rings. The van der Waals surface area contributed by atoms with Crippen molar-refractivity contribution in [1.82, 2.24) is 0 Å². The number of ether oxygens (including phenoxy) is 1. The van der Waals surface area contributed by atoms with Crippen LogP contribution in [-0.4, -0.2) is 12.0 Å². The third-order valence-corrected chi connectivity index (χ3v) is 3.51. The lowest BCUT2D eigenvalue weighted by Crippen LogP contribution is -2.13. The van der Waals surface area contributed by atoms with Crippen LogP contribution >= 0.6 is 11.6 Å². The fraction of sp³-hybridized carbons (Fsp3) is 0.200. The van der Waals surface area contributed by atoms with Crippen molar-refractivity contribution in [1.29, 1.82) is 5.26 Å². The monoisotopic (exact) mass is 354 g/mol. The molecule has 0 atom stereocenters. The molecule has 0 heterocycles. The van der Waals surface area contributed by atoms with Gasteiger partial charge in [-0.05, 0) is 62.7 Å². The molecule has 2 aromatic rings. The van der Waals surface area contributed by atoms with Crippen LogP contribution in [0.3, 0.4) is 0 Å². The van der Waals surface area contributed by atoms with E-state index in [-0.39, 0.29) is 11.7 Å². The molecule has 0 saturated carbocycles. The molecule has 0 saturated heterocycles. The topological polar surface area (TPSA) is 62.1 Å². The van der Waals surface area contributed by atoms with E-state index >= 15 is 0 Å². The number of carbonyl (C=O) groups is 1. The second-order valence-electron chi connectivity index (χ2n) is 5.84. The Morgan fingerprint density at radius 3 is 2.68 bits per heavy atom. The molecule has 0 spiro atoms. The van der Waals surface area contributed by atoms with Gasteiger partial charge in [-0.15, -0.1) is 0 Å². The number of amides is 1. The van der Waals surface area contributed by atoms with E-state index in [2.05, 4.69) is 5.32 Å². The van der Waals surface area contributed by atoms with Gasteiger partial charge < -0.3 is 10.1 Å². The predicted molar refractivity (Wildman–Crippen MR) is 101 cm³/mol. The van der Waals surface area contributed by atoms with Crippen molar-refractivity contribution in [2.24, 2.45) is 0 Å². The normalized spacial score (nSPS) is 11.1. The molecular formula is C20H19ClN2O2. The van der Waals surface area contributed by atoms with Crippen LogP contribution in [0.5, 0.6) is 5.75 Å². The van der Waals surface area contributed by atoms with Crippen molar-refractivity contribution in [2.45, 2.75) is 26.9 Å². The van der Waals surface area contributed by atoms with Gasteiger partial charge in [0.1, 0.15) is 17.4 Å². The standard InChI is InChI=1S/C20H19ClN2O2/c1-13(2)25-19-8-7-17(21)11-15(19)10-16(12-22)20(24)23-18-6-4-5-14(3)9-18/h4-11,13H,1-3H3,(H,23,24)/b16-10+. The summed E-state index contributed by atoms with van der Waals surface area (Å²) in [4.78, 5) is 12.4. The van der Waals surface area contributed by atoms with E-state index in [1.165, 1.54) is 6.08 Å². The molecule has 2 aromatic carbocycles. The molecule has 0 aromatic heterocycles. The molecule has 0 unspecified atom stereocenters. The predicted octanol–water partition coefficient (Wildman–Crippen LogP) is 4.98. The first-order valence-electron chi connectivity index (χ1n) is 7.85. The fourth-order valence-electron chi connectivity index (χ4n) is 2.22. The molecule has 1 amide bonds. The van der Waals surface area contributed by atoms with Crippen molar-refractivity contribution in [2.75, 3.05) is 5.32 Å². The van der Waals surface area contributed by atoms with Crippen molar-refractivity contribution in [3.8, 4) is 11.8 Å². The average Bonchev–Trinajstić information content (AvgIpc) is 2.54. The van der Waals surface area contributed by atoms with Crippen LogP contribution in [0.1, 0.15) is 25.0 Å². The Labute approximate surface area is 152 Å². The smallest absolute Gasteiger partial charge is 0.266 e. The summed E-state index contributed by atoms with van der Waals surface area (Å²) in [5.41, 5.74) is 2.20. The Bertz CT molecular complexity index is 851. The Morgan fingerprint density at radius 2 is 2.04 bits per heavy atom. The summed E-state index contributed by atoms with van der Waals surface area (Å²) < 4.78 is 5.72. The SMILES string of the molecule is Cc1cccc(NC(=O)/C(C#N)=C/c2cc(Cl)ccc2OC(C)C)c1. The number of rotatable bonds is 5. The maximum atomic E-state index is 12.4. The number of nitrogens with zero attached hydrogens (tertiary/aromatic N) is 1. The van der Waals surface area contributed by atoms with Gasteiger partial charge in [-0.25, -0.2) is 0 Å². The molecule has 0 bridgehead atoms. The summed E-state index contributed by atoms with van der Waals surface area (Å²) >= 11 is 6.04. The molecule has 128 valence electrons. The van der Waals surface area contributed by atoms with E-state index in [9.17, 15) is 10.1 Å². The highest BCUT2D eigenvalue weighted by Gasteiger charge is 2.12. The lowest BCUT2D eigenvalue weighted by molar-refractivity contribution is -0.112. The first-order chi connectivity index (χ1) is 11.9. The molecule has 4 nitrogen and oxygen atoms in total. The number of nitriles is 1. The quantitative estimate of drug-likeness (QED) is 0.608. The molecule has 0 aliphatic rings. The van der Waals surface area contributed by atoms with Gasteiger partial charge in [0.05, 0.1) is 6.10 Å². The summed E-state index contributed by atoms with van der Waals surface area (Å²) in [5.74, 6) is 0.0825. The average molecular weight is 355 g/mol. The van der Waals surface area contributed by atoms with Crippen LogP contribution in [0, 0.1) is 18.3 Å². The Balaban J connectivity index is 2.32. The number of halogens is 1. The van der Waals surface area contributed by atoms with Crippen LogP contribution in [0.25, 0.3) is 6.08 Å². The number of benzene rings is 2. The van der Waals surface area contributed by atoms with E-state index in [0.717, 1.165) is 5.56 Å². The molecule has 0 radical (unpaired) electrons. The number of hydrogen-bond acceptors (Lipinski definition) is 3. The van der Waals surface area contributed by atoms with Crippen molar-refractivity contribution in [3.05, 3.63) is 64.2 Å². The number of aryl methyl sites for hydroxylation is 1. The first-order valence-corrected chi connectivity index (χ1v) is 8.23. The van der Waals surface area contributed by atoms with E-state index in [1.807, 2.05) is 45.0 Å². The summed E-state index contributed by atoms with van der Waals surface area (Å²) in [6.07, 6.45) is 1.44. The highest BCUT2D eigenvalue weighted by Crippen LogP contribution is 2.26. The zero-order chi connectivity index (χ0) is 18.4. The van der Waals surface area contributed by atoms with Crippen LogP contribution in [0.2, 0.25) is 5.02 Å². The maximum absolute atomic E-state index is 12.4. The van der Waals surface area contributed by atoms with Crippen LogP contribution in [0.4, 0.5) is 5.69 Å². The number of anilines is 1. The Hall–Kier alpha value is -2.77. The Kier molecular flexibility index (Phi) is 6.21. The minimum Gasteiger partial charge on any atom is -0.490 e. The second-order valence-corrected chi connectivity index (χ2v) is 6.28. The summed E-state index contributed by atoms with van der Waals surface area (Å²) in [6.45, 7) is 5.73. The highest BCUT2D eigenvalue weighted by atomic mass is 35.5. The van der Waals surface area contributed by atoms with Crippen molar-refractivity contribution < 1.29 is 9.53 Å². The summed E-state index contributed by atoms with van der Waals surface area (Å²) in [6, 6.07) is 14.4. The van der Waals surface area contributed by atoms with Crippen molar-refractivity contribution in [3.63, 3.8) is 0 Å². The van der Waals surface area contributed by atoms with Gasteiger partial charge in [-0.2, -0.15) is 5.26 Å². The van der Waals surface area contributed by atoms with Gasteiger partial charge in [-0.3, -0.25) is 4.79 Å². The van der Waals surface area contributed by atoms with E-state index in [0.29, 0.717) is 22.0 Å². The van der Waals surface area contributed by atoms with E-state index in [1.54, 1.807) is 24.3 Å². The lowest BCUT2D eigenvalue weighted by Gasteiger charge is -2.13. The first kappa shape index (κ1) is 18.6. The molecular weight excluding hydrogens is 336 g/mol. The molecule has 5 heteroatoms. The maximum Gasteiger partial charge on any atom is 0.266 e. The zero-order valence-corrected chi connectivity index (χ0v) is 15.1. The van der Waals surface area contributed by atoms with Gasteiger partial charge in [0.25, 0.3) is 5.91 Å². The number of hydrogen-bond donors (Lipinski definition) is 1. The molecule has 1 N–H and O–H groups in total. The summed E-state index contributed by atoms with van der Waals surface area (Å²) in [7, 11) is 0. The van der Waals surface area contributed by atoms with Crippen LogP contribution < -0.4 is 10.1 Å². The minimum atomic E-state index is -0.483. The van der Waals surface area contributed by atoms with Gasteiger partial charge in [0.2, 0.25) is 0 Å². The fourth-order valence-corrected chi connectivity index (χ4v) is 2.40. The molecule has 0 aliphatic carbocycles. The van der Waals surface area contributed by atoms with E-state index in [4.69, 9.17) is 16.3 Å². The van der Waals surface area contributed by atoms with Crippen molar-refractivity contribution >= 4 is 29.3 Å². The zero-order valence-electron chi connectivity index (χ0n) is 14.3. The molecule has 2 rings (SSSR count). The van der Waals surface area contributed by atoms with Crippen LogP contribution in [-0.2, 0) is 4.79 Å². The van der Waals surface area contributed by atoms with E-state index < -0.39 is 5.91 Å². The van der Waals surface area contributed by atoms with Gasteiger partial charge in [-0.1, -0.05) is 23.7 Å². The molecule has 0 aliphatic heterocycles. The van der Waals surface area contributed by atoms with Crippen LogP contribution in [0.15, 0.2) is 48.0 Å². The largest absolute Gasteiger partial charge is 0.490 e. The molecule has 25 heavy (non-hydrogen) atoms. The Morgan fingerprint density at radius 1 is 1.28 bits per heavy atom. The van der Waals surface area contributed by atoms with Gasteiger partial charge in [0.15, 0.2) is 0 Å². The third kappa shape index (κ3) is 5.37. The van der Waals surface area contributed by atoms with Gasteiger partial charge in [0, 0.05) is 16.3 Å². The minimum absolute atomic E-state index is 0.0302.